The van der Waals surface area contributed by atoms with Crippen LogP contribution in [-0.2, 0) is 19.3 Å². The largest absolute Gasteiger partial charge is 0.392 e. The summed E-state index contributed by atoms with van der Waals surface area (Å²) in [7, 11) is 0. The summed E-state index contributed by atoms with van der Waals surface area (Å²) in [6.45, 7) is 9.72. The first-order valence-electron chi connectivity index (χ1n) is 8.57. The second kappa shape index (κ2) is 9.60. The number of allylic oxidation sites excluding steroid dienone is 1. The highest BCUT2D eigenvalue weighted by Gasteiger charge is 2.01. The van der Waals surface area contributed by atoms with Gasteiger partial charge in [0, 0.05) is 11.9 Å². The van der Waals surface area contributed by atoms with Gasteiger partial charge >= 0.3 is 0 Å². The van der Waals surface area contributed by atoms with Crippen molar-refractivity contribution in [2.45, 2.75) is 26.2 Å². The molecule has 0 fully saturated rings. The maximum atomic E-state index is 9.18. The highest BCUT2D eigenvalue weighted by atomic mass is 16.3. The van der Waals surface area contributed by atoms with Gasteiger partial charge in [0.05, 0.1) is 6.61 Å². The Hall–Kier alpha value is -2.65. The Bertz CT molecular complexity index is 762. The number of hydrogen-bond acceptors (Lipinski definition) is 3. The van der Waals surface area contributed by atoms with Crippen molar-refractivity contribution in [2.24, 2.45) is 0 Å². The number of rotatable bonds is 9. The number of aliphatic hydroxyl groups is 1. The molecule has 0 atom stereocenters. The molecule has 1 aromatic heterocycles. The van der Waals surface area contributed by atoms with Crippen molar-refractivity contribution in [1.29, 1.82) is 0 Å². The third kappa shape index (κ3) is 6.05. The van der Waals surface area contributed by atoms with E-state index in [0.29, 0.717) is 11.3 Å². The molecule has 2 aromatic rings. The van der Waals surface area contributed by atoms with E-state index in [0.717, 1.165) is 25.1 Å². The number of nitrogens with one attached hydrogen (secondary N) is 1. The number of aryl methyl sites for hydroxylation is 3. The van der Waals surface area contributed by atoms with E-state index < -0.39 is 0 Å². The van der Waals surface area contributed by atoms with E-state index in [1.54, 1.807) is 18.3 Å². The number of aromatic nitrogens is 1. The van der Waals surface area contributed by atoms with Crippen LogP contribution in [0.4, 0.5) is 5.82 Å². The zero-order valence-corrected chi connectivity index (χ0v) is 14.8. The van der Waals surface area contributed by atoms with Gasteiger partial charge < -0.3 is 10.4 Å². The maximum absolute atomic E-state index is 9.18. The SMILES string of the molecule is C=C/C(=C\C(=C)Nc1cc(CCc2cccc(CC)c2)ccn1)CO. The average Bonchev–Trinajstić information content (AvgIpc) is 2.65. The van der Waals surface area contributed by atoms with Gasteiger partial charge in [0.25, 0.3) is 0 Å². The Balaban J connectivity index is 1.99. The molecule has 2 rings (SSSR count). The summed E-state index contributed by atoms with van der Waals surface area (Å²) < 4.78 is 0. The summed E-state index contributed by atoms with van der Waals surface area (Å²) in [5, 5.41) is 12.3. The molecule has 0 saturated carbocycles. The van der Waals surface area contributed by atoms with Crippen LogP contribution < -0.4 is 5.32 Å². The van der Waals surface area contributed by atoms with Gasteiger partial charge in [-0.25, -0.2) is 4.98 Å². The highest BCUT2D eigenvalue weighted by molar-refractivity contribution is 5.47. The molecule has 0 aliphatic heterocycles. The van der Waals surface area contributed by atoms with Gasteiger partial charge in [-0.05, 0) is 59.7 Å². The van der Waals surface area contributed by atoms with Crippen LogP contribution in [0.25, 0.3) is 0 Å². The molecule has 0 radical (unpaired) electrons. The average molecular weight is 334 g/mol. The van der Waals surface area contributed by atoms with E-state index in [1.807, 2.05) is 12.1 Å². The Morgan fingerprint density at radius 2 is 1.88 bits per heavy atom. The van der Waals surface area contributed by atoms with Crippen LogP contribution in [0.2, 0.25) is 0 Å². The van der Waals surface area contributed by atoms with E-state index in [1.165, 1.54) is 16.7 Å². The number of pyridine rings is 1. The zero-order chi connectivity index (χ0) is 18.1. The van der Waals surface area contributed by atoms with Crippen LogP contribution >= 0.6 is 0 Å². The lowest BCUT2D eigenvalue weighted by Gasteiger charge is -2.09. The van der Waals surface area contributed by atoms with E-state index in [4.69, 9.17) is 0 Å². The lowest BCUT2D eigenvalue weighted by atomic mass is 10.0. The Kier molecular flexibility index (Phi) is 7.17. The molecule has 3 heteroatoms. The topological polar surface area (TPSA) is 45.2 Å². The van der Waals surface area contributed by atoms with E-state index in [-0.39, 0.29) is 6.61 Å². The molecule has 130 valence electrons. The second-order valence-electron chi connectivity index (χ2n) is 5.95. The quantitative estimate of drug-likeness (QED) is 0.666. The van der Waals surface area contributed by atoms with Crippen LogP contribution in [0, 0.1) is 0 Å². The van der Waals surface area contributed by atoms with Crippen molar-refractivity contribution < 1.29 is 5.11 Å². The molecule has 0 spiro atoms. The summed E-state index contributed by atoms with van der Waals surface area (Å²) in [6.07, 6.45) is 8.20. The van der Waals surface area contributed by atoms with Crippen molar-refractivity contribution in [2.75, 3.05) is 11.9 Å². The Labute approximate surface area is 150 Å². The van der Waals surface area contributed by atoms with Crippen LogP contribution in [-0.4, -0.2) is 16.7 Å². The van der Waals surface area contributed by atoms with Crippen LogP contribution in [0.1, 0.15) is 23.6 Å². The molecule has 1 heterocycles. The monoisotopic (exact) mass is 334 g/mol. The summed E-state index contributed by atoms with van der Waals surface area (Å²) in [5.74, 6) is 0.752. The molecule has 0 aliphatic rings. The number of anilines is 1. The van der Waals surface area contributed by atoms with E-state index in [2.05, 4.69) is 54.6 Å². The van der Waals surface area contributed by atoms with Crippen molar-refractivity contribution in [3.63, 3.8) is 0 Å². The van der Waals surface area contributed by atoms with Crippen LogP contribution in [0.15, 0.2) is 79.2 Å². The first kappa shape index (κ1) is 18.7. The summed E-state index contributed by atoms with van der Waals surface area (Å²) in [4.78, 5) is 4.33. The highest BCUT2D eigenvalue weighted by Crippen LogP contribution is 2.14. The minimum absolute atomic E-state index is 0.0610. The first-order valence-corrected chi connectivity index (χ1v) is 8.57. The minimum Gasteiger partial charge on any atom is -0.392 e. The third-order valence-electron chi connectivity index (χ3n) is 4.02. The summed E-state index contributed by atoms with van der Waals surface area (Å²) >= 11 is 0. The minimum atomic E-state index is -0.0610. The molecule has 25 heavy (non-hydrogen) atoms. The molecule has 2 N–H and O–H groups in total. The number of hydrogen-bond donors (Lipinski definition) is 2. The van der Waals surface area contributed by atoms with Crippen molar-refractivity contribution in [3.05, 3.63) is 95.9 Å². The van der Waals surface area contributed by atoms with Gasteiger partial charge in [0.1, 0.15) is 5.82 Å². The predicted octanol–water partition coefficient (Wildman–Crippen LogP) is 4.46. The fourth-order valence-corrected chi connectivity index (χ4v) is 2.59. The number of aliphatic hydroxyl groups excluding tert-OH is 1. The van der Waals surface area contributed by atoms with Crippen molar-refractivity contribution in [1.82, 2.24) is 4.98 Å². The van der Waals surface area contributed by atoms with Gasteiger partial charge in [-0.3, -0.25) is 0 Å². The molecule has 0 amide bonds. The Morgan fingerprint density at radius 1 is 1.16 bits per heavy atom. The standard InChI is InChI=1S/C22H26N2O/c1-4-18-7-6-8-20(14-18)9-10-21-11-12-23-22(15-21)24-17(3)13-19(5-2)16-25/h5-8,11-15,25H,2-4,9-10,16H2,1H3,(H,23,24)/b19-13+. The van der Waals surface area contributed by atoms with Crippen LogP contribution in [0.5, 0.6) is 0 Å². The number of nitrogens with zero attached hydrogens (tertiary/aromatic N) is 1. The van der Waals surface area contributed by atoms with Gasteiger partial charge in [-0.2, -0.15) is 0 Å². The molecule has 0 bridgehead atoms. The Morgan fingerprint density at radius 3 is 2.56 bits per heavy atom. The zero-order valence-electron chi connectivity index (χ0n) is 14.8. The fourth-order valence-electron chi connectivity index (χ4n) is 2.59. The number of benzene rings is 1. The smallest absolute Gasteiger partial charge is 0.130 e. The van der Waals surface area contributed by atoms with Crippen molar-refractivity contribution >= 4 is 5.82 Å². The van der Waals surface area contributed by atoms with Gasteiger partial charge in [0.15, 0.2) is 0 Å². The summed E-state index contributed by atoms with van der Waals surface area (Å²) in [5.41, 5.74) is 5.34. The molecular weight excluding hydrogens is 308 g/mol. The van der Waals surface area contributed by atoms with E-state index >= 15 is 0 Å². The third-order valence-corrected chi connectivity index (χ3v) is 4.02. The normalized spacial score (nSPS) is 11.2. The van der Waals surface area contributed by atoms with E-state index in [9.17, 15) is 5.11 Å². The molecule has 0 saturated heterocycles. The molecule has 1 aromatic carbocycles. The fraction of sp³-hybridized carbons (Fsp3) is 0.227. The van der Waals surface area contributed by atoms with Crippen molar-refractivity contribution in [3.8, 4) is 0 Å². The second-order valence-corrected chi connectivity index (χ2v) is 5.95. The lowest BCUT2D eigenvalue weighted by molar-refractivity contribution is 0.335. The van der Waals surface area contributed by atoms with Gasteiger partial charge in [-0.1, -0.05) is 50.4 Å². The van der Waals surface area contributed by atoms with Gasteiger partial charge in [-0.15, -0.1) is 0 Å². The van der Waals surface area contributed by atoms with Crippen LogP contribution in [0.3, 0.4) is 0 Å². The van der Waals surface area contributed by atoms with Gasteiger partial charge in [0.2, 0.25) is 0 Å². The molecular formula is C22H26N2O. The molecule has 3 nitrogen and oxygen atoms in total. The molecule has 0 aliphatic carbocycles. The predicted molar refractivity (Wildman–Crippen MR) is 106 cm³/mol. The molecule has 0 unspecified atom stereocenters. The first-order chi connectivity index (χ1) is 12.1. The maximum Gasteiger partial charge on any atom is 0.130 e. The lowest BCUT2D eigenvalue weighted by Crippen LogP contribution is -2.01. The summed E-state index contributed by atoms with van der Waals surface area (Å²) in [6, 6.07) is 12.8.